The van der Waals surface area contributed by atoms with Crippen molar-refractivity contribution >= 4 is 57.2 Å². The molecule has 0 atom stereocenters. The molecule has 9 heteroatoms. The summed E-state index contributed by atoms with van der Waals surface area (Å²) in [6.45, 7) is 2.11. The van der Waals surface area contributed by atoms with Gasteiger partial charge in [0, 0.05) is 46.2 Å². The predicted molar refractivity (Wildman–Crippen MR) is 144 cm³/mol. The third kappa shape index (κ3) is 5.72. The van der Waals surface area contributed by atoms with Crippen molar-refractivity contribution in [3.63, 3.8) is 0 Å². The lowest BCUT2D eigenvalue weighted by Gasteiger charge is -2.31. The highest BCUT2D eigenvalue weighted by Crippen LogP contribution is 2.36. The van der Waals surface area contributed by atoms with E-state index in [1.54, 1.807) is 25.3 Å². The zero-order chi connectivity index (χ0) is 25.8. The summed E-state index contributed by atoms with van der Waals surface area (Å²) in [6, 6.07) is 16.8. The van der Waals surface area contributed by atoms with Crippen LogP contribution in [0.25, 0.3) is 21.9 Å². The molecule has 0 unspecified atom stereocenters. The number of ether oxygens (including phenoxy) is 2. The van der Waals surface area contributed by atoms with Crippen LogP contribution in [0.4, 0.5) is 11.4 Å². The van der Waals surface area contributed by atoms with Crippen LogP contribution in [0, 0.1) is 0 Å². The molecule has 0 spiro atoms. The third-order valence-corrected chi connectivity index (χ3v) is 6.87. The van der Waals surface area contributed by atoms with E-state index >= 15 is 0 Å². The van der Waals surface area contributed by atoms with Crippen molar-refractivity contribution in [2.75, 3.05) is 37.4 Å². The standard InChI is InChI=1S/C28H28ClN3O5/c1-35-27-13-22-21-4-2-3-5-25(21)37-26(22)14-24(27)31-28(34)15-32-10-8-20(9-11-32)36-16-18-12-19(29)6-7-23(18)30-17-33/h2-7,12-14,17,20H,8-11,15-16H2,1H3,(H,30,33)(H,31,34). The maximum atomic E-state index is 12.9. The second kappa shape index (κ2) is 11.2. The van der Waals surface area contributed by atoms with Gasteiger partial charge < -0.3 is 24.5 Å². The molecule has 1 aromatic heterocycles. The van der Waals surface area contributed by atoms with Crippen molar-refractivity contribution in [2.24, 2.45) is 0 Å². The van der Waals surface area contributed by atoms with Crippen LogP contribution in [0.2, 0.25) is 5.02 Å². The number of benzene rings is 3. The molecular formula is C28H28ClN3O5. The fourth-order valence-electron chi connectivity index (χ4n) is 4.74. The van der Waals surface area contributed by atoms with Gasteiger partial charge in [-0.15, -0.1) is 0 Å². The van der Waals surface area contributed by atoms with Gasteiger partial charge in [0.15, 0.2) is 0 Å². The van der Waals surface area contributed by atoms with Crippen molar-refractivity contribution in [1.82, 2.24) is 4.90 Å². The molecule has 2 N–H and O–H groups in total. The maximum absolute atomic E-state index is 12.9. The molecule has 1 aliphatic rings. The number of carbonyl (C=O) groups is 2. The number of rotatable bonds is 9. The number of hydrogen-bond acceptors (Lipinski definition) is 6. The van der Waals surface area contributed by atoms with Gasteiger partial charge in [0.25, 0.3) is 0 Å². The molecule has 0 saturated carbocycles. The molecular weight excluding hydrogens is 494 g/mol. The van der Waals surface area contributed by atoms with Gasteiger partial charge in [-0.3, -0.25) is 14.5 Å². The smallest absolute Gasteiger partial charge is 0.238 e. The average Bonchev–Trinajstić information content (AvgIpc) is 3.26. The minimum atomic E-state index is -0.114. The lowest BCUT2D eigenvalue weighted by atomic mass is 10.1. The number of anilines is 2. The molecule has 4 aromatic rings. The topological polar surface area (TPSA) is 93.0 Å². The Morgan fingerprint density at radius 1 is 1.08 bits per heavy atom. The van der Waals surface area contributed by atoms with E-state index < -0.39 is 0 Å². The fraction of sp³-hybridized carbons (Fsp3) is 0.286. The van der Waals surface area contributed by atoms with Gasteiger partial charge in [-0.1, -0.05) is 29.8 Å². The van der Waals surface area contributed by atoms with E-state index in [9.17, 15) is 9.59 Å². The molecule has 37 heavy (non-hydrogen) atoms. The van der Waals surface area contributed by atoms with Crippen LogP contribution in [0.1, 0.15) is 18.4 Å². The summed E-state index contributed by atoms with van der Waals surface area (Å²) in [5.74, 6) is 0.473. The monoisotopic (exact) mass is 521 g/mol. The molecule has 0 aliphatic carbocycles. The molecule has 3 aromatic carbocycles. The zero-order valence-corrected chi connectivity index (χ0v) is 21.2. The first-order valence-corrected chi connectivity index (χ1v) is 12.5. The number of halogens is 1. The molecule has 8 nitrogen and oxygen atoms in total. The van der Waals surface area contributed by atoms with Crippen molar-refractivity contribution in [3.05, 3.63) is 65.2 Å². The van der Waals surface area contributed by atoms with Gasteiger partial charge in [-0.05, 0) is 43.2 Å². The van der Waals surface area contributed by atoms with Crippen molar-refractivity contribution in [1.29, 1.82) is 0 Å². The van der Waals surface area contributed by atoms with E-state index in [0.29, 0.717) is 40.7 Å². The lowest BCUT2D eigenvalue weighted by Crippen LogP contribution is -2.41. The Bertz CT molecular complexity index is 1430. The Morgan fingerprint density at radius 3 is 2.68 bits per heavy atom. The second-order valence-corrected chi connectivity index (χ2v) is 9.48. The fourth-order valence-corrected chi connectivity index (χ4v) is 4.93. The quantitative estimate of drug-likeness (QED) is 0.285. The molecule has 2 amide bonds. The van der Waals surface area contributed by atoms with Crippen LogP contribution >= 0.6 is 11.6 Å². The molecule has 2 heterocycles. The SMILES string of the molecule is COc1cc2c(cc1NC(=O)CN1CCC(OCc3cc(Cl)ccc3NC=O)CC1)oc1ccccc12. The van der Waals surface area contributed by atoms with Crippen molar-refractivity contribution < 1.29 is 23.5 Å². The van der Waals surface area contributed by atoms with Gasteiger partial charge in [0.05, 0.1) is 32.1 Å². The summed E-state index contributed by atoms with van der Waals surface area (Å²) in [5.41, 5.74) is 3.58. The van der Waals surface area contributed by atoms with Crippen LogP contribution < -0.4 is 15.4 Å². The lowest BCUT2D eigenvalue weighted by molar-refractivity contribution is -0.118. The number of furan rings is 1. The normalized spacial score (nSPS) is 14.6. The zero-order valence-electron chi connectivity index (χ0n) is 20.5. The second-order valence-electron chi connectivity index (χ2n) is 9.05. The van der Waals surface area contributed by atoms with E-state index in [2.05, 4.69) is 15.5 Å². The van der Waals surface area contributed by atoms with Crippen LogP contribution in [0.15, 0.2) is 59.0 Å². The van der Waals surface area contributed by atoms with E-state index in [1.165, 1.54) is 0 Å². The maximum Gasteiger partial charge on any atom is 0.238 e. The summed E-state index contributed by atoms with van der Waals surface area (Å²) in [6.07, 6.45) is 2.32. The van der Waals surface area contributed by atoms with Crippen LogP contribution in [0.5, 0.6) is 5.75 Å². The number of likely N-dealkylation sites (tertiary alicyclic amines) is 1. The first-order chi connectivity index (χ1) is 18.0. The molecule has 1 aliphatic heterocycles. The Morgan fingerprint density at radius 2 is 1.89 bits per heavy atom. The number of nitrogens with one attached hydrogen (secondary N) is 2. The van der Waals surface area contributed by atoms with Crippen molar-refractivity contribution in [3.8, 4) is 5.75 Å². The minimum Gasteiger partial charge on any atom is -0.495 e. The van der Waals surface area contributed by atoms with Crippen LogP contribution in [-0.4, -0.2) is 50.1 Å². The highest BCUT2D eigenvalue weighted by Gasteiger charge is 2.22. The number of para-hydroxylation sites is 1. The molecule has 1 saturated heterocycles. The van der Waals surface area contributed by atoms with Crippen molar-refractivity contribution in [2.45, 2.75) is 25.6 Å². The summed E-state index contributed by atoms with van der Waals surface area (Å²) in [5, 5.41) is 8.20. The largest absolute Gasteiger partial charge is 0.495 e. The van der Waals surface area contributed by atoms with Crippen LogP contribution in [0.3, 0.4) is 0 Å². The molecule has 0 bridgehead atoms. The molecule has 5 rings (SSSR count). The molecule has 0 radical (unpaired) electrons. The van der Waals surface area contributed by atoms with Gasteiger partial charge >= 0.3 is 0 Å². The van der Waals surface area contributed by atoms with Crippen LogP contribution in [-0.2, 0) is 20.9 Å². The van der Waals surface area contributed by atoms with Gasteiger partial charge in [0.1, 0.15) is 16.9 Å². The summed E-state index contributed by atoms with van der Waals surface area (Å²) in [7, 11) is 1.59. The van der Waals surface area contributed by atoms with Gasteiger partial charge in [-0.25, -0.2) is 0 Å². The number of hydrogen-bond donors (Lipinski definition) is 2. The highest BCUT2D eigenvalue weighted by molar-refractivity contribution is 6.30. The number of nitrogens with zero attached hydrogens (tertiary/aromatic N) is 1. The Kier molecular flexibility index (Phi) is 7.60. The number of piperidine rings is 1. The predicted octanol–water partition coefficient (Wildman–Crippen LogP) is 5.44. The van der Waals surface area contributed by atoms with E-state index in [0.717, 1.165) is 47.9 Å². The first kappa shape index (κ1) is 25.1. The molecule has 192 valence electrons. The van der Waals surface area contributed by atoms with E-state index in [-0.39, 0.29) is 18.6 Å². The van der Waals surface area contributed by atoms with E-state index in [4.69, 9.17) is 25.5 Å². The minimum absolute atomic E-state index is 0.0676. The van der Waals surface area contributed by atoms with Gasteiger partial charge in [0.2, 0.25) is 12.3 Å². The highest BCUT2D eigenvalue weighted by atomic mass is 35.5. The Balaban J connectivity index is 1.16. The third-order valence-electron chi connectivity index (χ3n) is 6.63. The summed E-state index contributed by atoms with van der Waals surface area (Å²) < 4.78 is 17.6. The number of amides is 2. The Labute approximate surface area is 219 Å². The number of methoxy groups -OCH3 is 1. The summed E-state index contributed by atoms with van der Waals surface area (Å²) >= 11 is 6.10. The molecule has 1 fully saturated rings. The number of fused-ring (bicyclic) bond motifs is 3. The Hall–Kier alpha value is -3.59. The van der Waals surface area contributed by atoms with E-state index in [1.807, 2.05) is 36.4 Å². The first-order valence-electron chi connectivity index (χ1n) is 12.2. The summed E-state index contributed by atoms with van der Waals surface area (Å²) in [4.78, 5) is 25.8. The average molecular weight is 522 g/mol. The number of carbonyl (C=O) groups excluding carboxylic acids is 2. The van der Waals surface area contributed by atoms with Gasteiger partial charge in [-0.2, -0.15) is 0 Å².